The molecule has 1 aromatic rings. The predicted octanol–water partition coefficient (Wildman–Crippen LogP) is 1.67. The van der Waals surface area contributed by atoms with Crippen LogP contribution in [0.4, 0.5) is 4.39 Å². The van der Waals surface area contributed by atoms with E-state index in [1.807, 2.05) is 6.92 Å². The monoisotopic (exact) mass is 375 g/mol. The number of unbranched alkanes of at least 4 members (excludes halogenated alkanes) is 1. The summed E-state index contributed by atoms with van der Waals surface area (Å²) in [4.78, 5) is 23.7. The number of Topliss-reactive ketones (excluding diaryl/α,β-unsaturated/α-hetero) is 1. The van der Waals surface area contributed by atoms with Crippen molar-refractivity contribution in [3.63, 3.8) is 0 Å². The first kappa shape index (κ1) is 21.0. The standard InChI is InChI=1S/C16H22FNO6S/c1-4-5-8-25(21,22)18-11(2)16(20)24-10-14(19)12-6-7-15(23-3)13(17)9-12/h6-7,9,11,18H,4-5,8,10H2,1-3H3/t11-/m0/s1. The third kappa shape index (κ3) is 6.79. The summed E-state index contributed by atoms with van der Waals surface area (Å²) in [6, 6.07) is 2.48. The van der Waals surface area contributed by atoms with Crippen LogP contribution in [0.3, 0.4) is 0 Å². The Morgan fingerprint density at radius 2 is 2.00 bits per heavy atom. The van der Waals surface area contributed by atoms with Gasteiger partial charge in [0.05, 0.1) is 12.9 Å². The first-order valence-electron chi connectivity index (χ1n) is 7.73. The van der Waals surface area contributed by atoms with E-state index in [4.69, 9.17) is 9.47 Å². The van der Waals surface area contributed by atoms with Gasteiger partial charge in [-0.1, -0.05) is 13.3 Å². The van der Waals surface area contributed by atoms with Gasteiger partial charge >= 0.3 is 5.97 Å². The lowest BCUT2D eigenvalue weighted by atomic mass is 10.1. The summed E-state index contributed by atoms with van der Waals surface area (Å²) in [5, 5.41) is 0. The van der Waals surface area contributed by atoms with Crippen molar-refractivity contribution in [3.8, 4) is 5.75 Å². The molecule has 1 rings (SSSR count). The molecule has 0 fully saturated rings. The Kier molecular flexibility index (Phi) is 7.98. The Hall–Kier alpha value is -2.00. The first-order chi connectivity index (χ1) is 11.7. The number of benzene rings is 1. The molecule has 0 radical (unpaired) electrons. The van der Waals surface area contributed by atoms with Crippen molar-refractivity contribution in [2.75, 3.05) is 19.5 Å². The molecule has 0 amide bonds. The molecule has 1 aromatic carbocycles. The van der Waals surface area contributed by atoms with Gasteiger partial charge in [0.25, 0.3) is 0 Å². The highest BCUT2D eigenvalue weighted by Crippen LogP contribution is 2.18. The molecule has 7 nitrogen and oxygen atoms in total. The van der Waals surface area contributed by atoms with Crippen molar-refractivity contribution in [1.29, 1.82) is 0 Å². The molecule has 0 unspecified atom stereocenters. The Morgan fingerprint density at radius 3 is 2.56 bits per heavy atom. The molecule has 140 valence electrons. The van der Waals surface area contributed by atoms with Crippen molar-refractivity contribution < 1.29 is 31.9 Å². The summed E-state index contributed by atoms with van der Waals surface area (Å²) in [5.41, 5.74) is 0.0160. The molecule has 9 heteroatoms. The molecular formula is C16H22FNO6S. The van der Waals surface area contributed by atoms with Gasteiger partial charge in [0.15, 0.2) is 24.0 Å². The van der Waals surface area contributed by atoms with E-state index in [-0.39, 0.29) is 17.1 Å². The summed E-state index contributed by atoms with van der Waals surface area (Å²) < 4.78 is 48.7. The number of carbonyl (C=O) groups is 2. The average molecular weight is 375 g/mol. The SMILES string of the molecule is CCCCS(=O)(=O)N[C@@H](C)C(=O)OCC(=O)c1ccc(OC)c(F)c1. The normalized spacial score (nSPS) is 12.5. The van der Waals surface area contributed by atoms with E-state index in [1.54, 1.807) is 0 Å². The zero-order valence-corrected chi connectivity index (χ0v) is 15.2. The highest BCUT2D eigenvalue weighted by molar-refractivity contribution is 7.89. The van der Waals surface area contributed by atoms with Crippen LogP contribution in [0, 0.1) is 5.82 Å². The number of halogens is 1. The van der Waals surface area contributed by atoms with Crippen LogP contribution in [0.25, 0.3) is 0 Å². The highest BCUT2D eigenvalue weighted by Gasteiger charge is 2.22. The van der Waals surface area contributed by atoms with Crippen molar-refractivity contribution in [3.05, 3.63) is 29.6 Å². The van der Waals surface area contributed by atoms with Crippen molar-refractivity contribution in [2.45, 2.75) is 32.7 Å². The van der Waals surface area contributed by atoms with Crippen molar-refractivity contribution in [2.24, 2.45) is 0 Å². The average Bonchev–Trinajstić information content (AvgIpc) is 2.56. The van der Waals surface area contributed by atoms with Crippen molar-refractivity contribution >= 4 is 21.8 Å². The second kappa shape index (κ2) is 9.47. The van der Waals surface area contributed by atoms with Gasteiger partial charge in [-0.25, -0.2) is 17.5 Å². The molecule has 1 atom stereocenters. The van der Waals surface area contributed by atoms with Crippen molar-refractivity contribution in [1.82, 2.24) is 4.72 Å². The number of methoxy groups -OCH3 is 1. The quantitative estimate of drug-likeness (QED) is 0.493. The van der Waals surface area contributed by atoms with E-state index >= 15 is 0 Å². The van der Waals surface area contributed by atoms with Gasteiger partial charge in [0.2, 0.25) is 10.0 Å². The van der Waals surface area contributed by atoms with Crippen LogP contribution in [0.2, 0.25) is 0 Å². The third-order valence-electron chi connectivity index (χ3n) is 3.30. The van der Waals surface area contributed by atoms with Crippen LogP contribution in [-0.4, -0.2) is 45.7 Å². The predicted molar refractivity (Wildman–Crippen MR) is 89.5 cm³/mol. The zero-order valence-electron chi connectivity index (χ0n) is 14.4. The van der Waals surface area contributed by atoms with Gasteiger partial charge in [-0.15, -0.1) is 0 Å². The van der Waals surface area contributed by atoms with Crippen LogP contribution >= 0.6 is 0 Å². The molecule has 0 aliphatic heterocycles. The van der Waals surface area contributed by atoms with Gasteiger partial charge in [-0.2, -0.15) is 0 Å². The number of ketones is 1. The maximum absolute atomic E-state index is 13.6. The Bertz CT molecular complexity index is 719. The lowest BCUT2D eigenvalue weighted by Gasteiger charge is -2.13. The summed E-state index contributed by atoms with van der Waals surface area (Å²) >= 11 is 0. The fourth-order valence-electron chi connectivity index (χ4n) is 1.90. The summed E-state index contributed by atoms with van der Waals surface area (Å²) in [6.07, 6.45) is 1.17. The Labute approximate surface area is 146 Å². The topological polar surface area (TPSA) is 98.8 Å². The fourth-order valence-corrected chi connectivity index (χ4v) is 3.32. The Morgan fingerprint density at radius 1 is 1.32 bits per heavy atom. The molecular weight excluding hydrogens is 353 g/mol. The number of hydrogen-bond donors (Lipinski definition) is 1. The number of carbonyl (C=O) groups excluding carboxylic acids is 2. The lowest BCUT2D eigenvalue weighted by Crippen LogP contribution is -2.41. The van der Waals surface area contributed by atoms with Crippen LogP contribution in [-0.2, 0) is 19.6 Å². The maximum atomic E-state index is 13.6. The summed E-state index contributed by atoms with van der Waals surface area (Å²) in [5.74, 6) is -2.32. The van der Waals surface area contributed by atoms with Gasteiger partial charge in [0, 0.05) is 5.56 Å². The summed E-state index contributed by atoms with van der Waals surface area (Å²) in [6.45, 7) is 2.55. The van der Waals surface area contributed by atoms with E-state index < -0.39 is 40.2 Å². The number of hydrogen-bond acceptors (Lipinski definition) is 6. The second-order valence-corrected chi connectivity index (χ2v) is 7.27. The minimum absolute atomic E-state index is 0.0105. The van der Waals surface area contributed by atoms with Crippen LogP contribution in [0.15, 0.2) is 18.2 Å². The molecule has 0 bridgehead atoms. The smallest absolute Gasteiger partial charge is 0.324 e. The number of rotatable bonds is 10. The van der Waals surface area contributed by atoms with E-state index in [0.717, 1.165) is 6.07 Å². The zero-order chi connectivity index (χ0) is 19.0. The molecule has 0 saturated heterocycles. The van der Waals surface area contributed by atoms with Crippen LogP contribution in [0.5, 0.6) is 5.75 Å². The minimum atomic E-state index is -3.59. The van der Waals surface area contributed by atoms with E-state index in [9.17, 15) is 22.4 Å². The molecule has 0 saturated carbocycles. The van der Waals surface area contributed by atoms with Gasteiger partial charge < -0.3 is 9.47 Å². The van der Waals surface area contributed by atoms with Gasteiger partial charge in [-0.05, 0) is 31.5 Å². The lowest BCUT2D eigenvalue weighted by molar-refractivity contribution is -0.144. The highest BCUT2D eigenvalue weighted by atomic mass is 32.2. The molecule has 0 heterocycles. The number of nitrogens with one attached hydrogen (secondary N) is 1. The Balaban J connectivity index is 2.57. The molecule has 0 aromatic heterocycles. The minimum Gasteiger partial charge on any atom is -0.494 e. The summed E-state index contributed by atoms with van der Waals surface area (Å²) in [7, 11) is -2.30. The molecule has 0 aliphatic rings. The van der Waals surface area contributed by atoms with Gasteiger partial charge in [-0.3, -0.25) is 9.59 Å². The second-order valence-electron chi connectivity index (χ2n) is 5.39. The third-order valence-corrected chi connectivity index (χ3v) is 4.83. The largest absolute Gasteiger partial charge is 0.494 e. The number of sulfonamides is 1. The molecule has 0 spiro atoms. The number of esters is 1. The number of ether oxygens (including phenoxy) is 2. The molecule has 0 aliphatic carbocycles. The van der Waals surface area contributed by atoms with E-state index in [1.165, 1.54) is 26.2 Å². The van der Waals surface area contributed by atoms with E-state index in [2.05, 4.69) is 4.72 Å². The molecule has 25 heavy (non-hydrogen) atoms. The fraction of sp³-hybridized carbons (Fsp3) is 0.500. The molecule has 1 N–H and O–H groups in total. The maximum Gasteiger partial charge on any atom is 0.324 e. The van der Waals surface area contributed by atoms with E-state index in [0.29, 0.717) is 12.8 Å². The van der Waals surface area contributed by atoms with Crippen LogP contribution < -0.4 is 9.46 Å². The first-order valence-corrected chi connectivity index (χ1v) is 9.38. The van der Waals surface area contributed by atoms with Crippen LogP contribution in [0.1, 0.15) is 37.0 Å². The van der Waals surface area contributed by atoms with Gasteiger partial charge in [0.1, 0.15) is 6.04 Å².